The van der Waals surface area contributed by atoms with Crippen molar-refractivity contribution in [1.82, 2.24) is 5.32 Å². The van der Waals surface area contributed by atoms with Crippen LogP contribution in [0.3, 0.4) is 0 Å². The molecule has 2 heteroatoms. The summed E-state index contributed by atoms with van der Waals surface area (Å²) in [6.45, 7) is 4.51. The summed E-state index contributed by atoms with van der Waals surface area (Å²) < 4.78 is 5.27. The van der Waals surface area contributed by atoms with Gasteiger partial charge in [0.25, 0.3) is 0 Å². The molecule has 0 spiro atoms. The summed E-state index contributed by atoms with van der Waals surface area (Å²) in [5.74, 6) is 2.68. The minimum Gasteiger partial charge on any atom is -0.497 e. The molecule has 1 fully saturated rings. The zero-order valence-corrected chi connectivity index (χ0v) is 13.1. The highest BCUT2D eigenvalue weighted by molar-refractivity contribution is 5.84. The van der Waals surface area contributed by atoms with Crippen LogP contribution in [-0.4, -0.2) is 13.7 Å². The molecule has 2 aromatic rings. The summed E-state index contributed by atoms with van der Waals surface area (Å²) in [6, 6.07) is 12.9. The Balaban J connectivity index is 1.62. The number of fused-ring (bicyclic) bond motifs is 1. The summed E-state index contributed by atoms with van der Waals surface area (Å²) in [7, 11) is 1.71. The fourth-order valence-electron chi connectivity index (χ4n) is 3.44. The lowest BCUT2D eigenvalue weighted by Gasteiger charge is -2.16. The van der Waals surface area contributed by atoms with E-state index in [1.165, 1.54) is 35.6 Å². The van der Waals surface area contributed by atoms with Crippen LogP contribution >= 0.6 is 0 Å². The number of hydrogen-bond acceptors (Lipinski definition) is 2. The molecule has 0 heterocycles. The van der Waals surface area contributed by atoms with Crippen molar-refractivity contribution in [2.75, 3.05) is 13.7 Å². The maximum atomic E-state index is 5.27. The van der Waals surface area contributed by atoms with Crippen LogP contribution in [0.1, 0.15) is 31.7 Å². The predicted octanol–water partition coefficient (Wildman–Crippen LogP) is 4.37. The Kier molecular flexibility index (Phi) is 4.45. The van der Waals surface area contributed by atoms with Crippen LogP contribution in [0.25, 0.3) is 10.8 Å². The van der Waals surface area contributed by atoms with Gasteiger partial charge in [-0.25, -0.2) is 0 Å². The third kappa shape index (κ3) is 3.38. The first-order valence-electron chi connectivity index (χ1n) is 8.03. The Morgan fingerprint density at radius 2 is 1.90 bits per heavy atom. The van der Waals surface area contributed by atoms with Gasteiger partial charge < -0.3 is 10.1 Å². The van der Waals surface area contributed by atoms with Gasteiger partial charge in [-0.3, -0.25) is 0 Å². The zero-order chi connectivity index (χ0) is 14.7. The molecule has 0 aromatic heterocycles. The van der Waals surface area contributed by atoms with Crippen molar-refractivity contribution in [2.24, 2.45) is 11.8 Å². The Bertz CT molecular complexity index is 608. The molecule has 1 aliphatic carbocycles. The molecule has 2 aromatic carbocycles. The van der Waals surface area contributed by atoms with Gasteiger partial charge in [0.15, 0.2) is 0 Å². The van der Waals surface area contributed by atoms with Crippen molar-refractivity contribution >= 4 is 10.8 Å². The van der Waals surface area contributed by atoms with Crippen molar-refractivity contribution in [1.29, 1.82) is 0 Å². The lowest BCUT2D eigenvalue weighted by atomic mass is 9.98. The average Bonchev–Trinajstić information content (AvgIpc) is 2.92. The maximum Gasteiger partial charge on any atom is 0.119 e. The first-order chi connectivity index (χ1) is 10.3. The summed E-state index contributed by atoms with van der Waals surface area (Å²) in [6.07, 6.45) is 4.21. The highest BCUT2D eigenvalue weighted by Crippen LogP contribution is 2.30. The summed E-state index contributed by atoms with van der Waals surface area (Å²) in [4.78, 5) is 0. The quantitative estimate of drug-likeness (QED) is 0.879. The summed E-state index contributed by atoms with van der Waals surface area (Å²) >= 11 is 0. The minimum absolute atomic E-state index is 0.870. The first-order valence-corrected chi connectivity index (χ1v) is 8.03. The average molecular weight is 283 g/mol. The Morgan fingerprint density at radius 1 is 1.10 bits per heavy atom. The van der Waals surface area contributed by atoms with Gasteiger partial charge in [0, 0.05) is 6.54 Å². The van der Waals surface area contributed by atoms with Crippen molar-refractivity contribution in [3.63, 3.8) is 0 Å². The topological polar surface area (TPSA) is 21.3 Å². The number of rotatable bonds is 5. The van der Waals surface area contributed by atoms with Crippen LogP contribution in [0.4, 0.5) is 0 Å². The molecule has 21 heavy (non-hydrogen) atoms. The second-order valence-electron chi connectivity index (χ2n) is 6.35. The molecule has 0 aliphatic heterocycles. The van der Waals surface area contributed by atoms with E-state index in [1.54, 1.807) is 7.11 Å². The molecule has 2 nitrogen and oxygen atoms in total. The molecule has 0 bridgehead atoms. The predicted molar refractivity (Wildman–Crippen MR) is 88.7 cm³/mol. The van der Waals surface area contributed by atoms with E-state index >= 15 is 0 Å². The molecular formula is C19H25NO. The second kappa shape index (κ2) is 6.48. The molecule has 112 valence electrons. The molecule has 2 unspecified atom stereocenters. The SMILES string of the molecule is COc1ccc2cc(CNCC3CCCC3C)ccc2c1. The van der Waals surface area contributed by atoms with Crippen LogP contribution in [0.5, 0.6) is 5.75 Å². The number of ether oxygens (including phenoxy) is 1. The fraction of sp³-hybridized carbons (Fsp3) is 0.474. The molecule has 0 saturated heterocycles. The van der Waals surface area contributed by atoms with Crippen LogP contribution in [0, 0.1) is 11.8 Å². The summed E-state index contributed by atoms with van der Waals surface area (Å²) in [5.41, 5.74) is 1.36. The third-order valence-electron chi connectivity index (χ3n) is 4.89. The molecule has 3 rings (SSSR count). The molecular weight excluding hydrogens is 258 g/mol. The molecule has 2 atom stereocenters. The van der Waals surface area contributed by atoms with Gasteiger partial charge in [0.1, 0.15) is 5.75 Å². The molecule has 0 radical (unpaired) electrons. The van der Waals surface area contributed by atoms with E-state index in [0.29, 0.717) is 0 Å². The number of methoxy groups -OCH3 is 1. The first kappa shape index (κ1) is 14.4. The molecule has 1 saturated carbocycles. The second-order valence-corrected chi connectivity index (χ2v) is 6.35. The zero-order valence-electron chi connectivity index (χ0n) is 13.1. The van der Waals surface area contributed by atoms with E-state index in [1.807, 2.05) is 6.07 Å². The molecule has 1 N–H and O–H groups in total. The van der Waals surface area contributed by atoms with E-state index in [-0.39, 0.29) is 0 Å². The van der Waals surface area contributed by atoms with Gasteiger partial charge in [0.05, 0.1) is 7.11 Å². The van der Waals surface area contributed by atoms with E-state index < -0.39 is 0 Å². The van der Waals surface area contributed by atoms with E-state index in [9.17, 15) is 0 Å². The largest absolute Gasteiger partial charge is 0.497 e. The van der Waals surface area contributed by atoms with Crippen LogP contribution in [0.15, 0.2) is 36.4 Å². The monoisotopic (exact) mass is 283 g/mol. The lowest BCUT2D eigenvalue weighted by molar-refractivity contribution is 0.392. The summed E-state index contributed by atoms with van der Waals surface area (Å²) in [5, 5.41) is 6.16. The minimum atomic E-state index is 0.870. The fourth-order valence-corrected chi connectivity index (χ4v) is 3.44. The van der Waals surface area contributed by atoms with Crippen LogP contribution in [0.2, 0.25) is 0 Å². The van der Waals surface area contributed by atoms with E-state index in [4.69, 9.17) is 4.74 Å². The Labute approximate surface area is 127 Å². The van der Waals surface area contributed by atoms with E-state index in [2.05, 4.69) is 42.6 Å². The maximum absolute atomic E-state index is 5.27. The third-order valence-corrected chi connectivity index (χ3v) is 4.89. The Morgan fingerprint density at radius 3 is 2.67 bits per heavy atom. The van der Waals surface area contributed by atoms with Gasteiger partial charge in [-0.05, 0) is 59.3 Å². The highest BCUT2D eigenvalue weighted by Gasteiger charge is 2.22. The number of nitrogens with one attached hydrogen (secondary N) is 1. The van der Waals surface area contributed by atoms with Crippen LogP contribution in [-0.2, 0) is 6.54 Å². The van der Waals surface area contributed by atoms with Crippen molar-refractivity contribution in [2.45, 2.75) is 32.7 Å². The van der Waals surface area contributed by atoms with Crippen molar-refractivity contribution < 1.29 is 4.74 Å². The lowest BCUT2D eigenvalue weighted by Crippen LogP contribution is -2.23. The standard InChI is InChI=1S/C19H25NO/c1-14-4-3-5-18(14)13-20-12-15-6-7-17-11-19(21-2)9-8-16(17)10-15/h6-11,14,18,20H,3-5,12-13H2,1-2H3. The normalized spacial score (nSPS) is 21.8. The van der Waals surface area contributed by atoms with E-state index in [0.717, 1.165) is 30.7 Å². The van der Waals surface area contributed by atoms with Gasteiger partial charge in [-0.2, -0.15) is 0 Å². The molecule has 0 amide bonds. The number of benzene rings is 2. The van der Waals surface area contributed by atoms with Crippen molar-refractivity contribution in [3.05, 3.63) is 42.0 Å². The Hall–Kier alpha value is -1.54. The van der Waals surface area contributed by atoms with Gasteiger partial charge in [0.2, 0.25) is 0 Å². The van der Waals surface area contributed by atoms with Gasteiger partial charge in [-0.15, -0.1) is 0 Å². The van der Waals surface area contributed by atoms with Crippen molar-refractivity contribution in [3.8, 4) is 5.75 Å². The highest BCUT2D eigenvalue weighted by atomic mass is 16.5. The smallest absolute Gasteiger partial charge is 0.119 e. The van der Waals surface area contributed by atoms with Crippen LogP contribution < -0.4 is 10.1 Å². The van der Waals surface area contributed by atoms with Gasteiger partial charge >= 0.3 is 0 Å². The van der Waals surface area contributed by atoms with Gasteiger partial charge in [-0.1, -0.05) is 38.0 Å². The number of hydrogen-bond donors (Lipinski definition) is 1. The molecule has 1 aliphatic rings.